The SMILES string of the molecule is CC(C)(C)OC(=O)N1CCSCC1C1CC1. The van der Waals surface area contributed by atoms with Gasteiger partial charge in [-0.2, -0.15) is 11.8 Å². The Labute approximate surface area is 102 Å². The number of hydrogen-bond donors (Lipinski definition) is 0. The largest absolute Gasteiger partial charge is 0.444 e. The third kappa shape index (κ3) is 3.06. The van der Waals surface area contributed by atoms with Crippen LogP contribution in [0.2, 0.25) is 0 Å². The Balaban J connectivity index is 1.96. The molecule has 4 heteroatoms. The number of carbonyl (C=O) groups excluding carboxylic acids is 1. The van der Waals surface area contributed by atoms with Crippen molar-refractivity contribution in [2.24, 2.45) is 5.92 Å². The van der Waals surface area contributed by atoms with Gasteiger partial charge in [-0.05, 0) is 39.5 Å². The lowest BCUT2D eigenvalue weighted by Gasteiger charge is -2.36. The fourth-order valence-corrected chi connectivity index (χ4v) is 3.23. The second kappa shape index (κ2) is 4.47. The molecule has 1 aliphatic heterocycles. The topological polar surface area (TPSA) is 29.5 Å². The van der Waals surface area contributed by atoms with E-state index in [0.717, 1.165) is 24.0 Å². The maximum atomic E-state index is 12.1. The molecule has 16 heavy (non-hydrogen) atoms. The van der Waals surface area contributed by atoms with E-state index in [0.29, 0.717) is 6.04 Å². The zero-order valence-corrected chi connectivity index (χ0v) is 11.2. The van der Waals surface area contributed by atoms with Crippen LogP contribution in [0, 0.1) is 5.92 Å². The van der Waals surface area contributed by atoms with Crippen molar-refractivity contribution >= 4 is 17.9 Å². The van der Waals surface area contributed by atoms with Crippen LogP contribution in [0.4, 0.5) is 4.79 Å². The van der Waals surface area contributed by atoms with Crippen LogP contribution in [0.1, 0.15) is 33.6 Å². The molecule has 1 saturated carbocycles. The minimum atomic E-state index is -0.379. The predicted octanol–water partition coefficient (Wildman–Crippen LogP) is 2.75. The lowest BCUT2D eigenvalue weighted by molar-refractivity contribution is 0.0168. The van der Waals surface area contributed by atoms with Crippen molar-refractivity contribution in [3.05, 3.63) is 0 Å². The highest BCUT2D eigenvalue weighted by molar-refractivity contribution is 7.99. The molecule has 0 radical (unpaired) electrons. The number of carbonyl (C=O) groups is 1. The van der Waals surface area contributed by atoms with Crippen LogP contribution in [0.25, 0.3) is 0 Å². The van der Waals surface area contributed by atoms with Gasteiger partial charge in [-0.1, -0.05) is 0 Å². The van der Waals surface area contributed by atoms with Crippen molar-refractivity contribution in [2.45, 2.75) is 45.3 Å². The van der Waals surface area contributed by atoms with E-state index < -0.39 is 0 Å². The quantitative estimate of drug-likeness (QED) is 0.709. The molecule has 0 spiro atoms. The summed E-state index contributed by atoms with van der Waals surface area (Å²) in [6.45, 7) is 6.63. The van der Waals surface area contributed by atoms with Gasteiger partial charge in [0.25, 0.3) is 0 Å². The highest BCUT2D eigenvalue weighted by Crippen LogP contribution is 2.38. The molecule has 0 aromatic carbocycles. The molecule has 1 amide bonds. The third-order valence-electron chi connectivity index (χ3n) is 2.96. The van der Waals surface area contributed by atoms with Crippen LogP contribution in [-0.4, -0.2) is 40.7 Å². The highest BCUT2D eigenvalue weighted by atomic mass is 32.2. The Morgan fingerprint density at radius 3 is 2.62 bits per heavy atom. The summed E-state index contributed by atoms with van der Waals surface area (Å²) >= 11 is 1.96. The summed E-state index contributed by atoms with van der Waals surface area (Å²) in [5.74, 6) is 2.87. The van der Waals surface area contributed by atoms with E-state index >= 15 is 0 Å². The van der Waals surface area contributed by atoms with Gasteiger partial charge in [-0.15, -0.1) is 0 Å². The summed E-state index contributed by atoms with van der Waals surface area (Å²) in [7, 11) is 0. The molecule has 2 fully saturated rings. The second-order valence-corrected chi connectivity index (χ2v) is 6.80. The molecule has 1 aliphatic carbocycles. The Morgan fingerprint density at radius 1 is 1.38 bits per heavy atom. The van der Waals surface area contributed by atoms with Crippen LogP contribution in [0.15, 0.2) is 0 Å². The first kappa shape index (κ1) is 12.1. The maximum absolute atomic E-state index is 12.1. The first-order chi connectivity index (χ1) is 7.47. The predicted molar refractivity (Wildman–Crippen MR) is 66.8 cm³/mol. The average molecular weight is 243 g/mol. The normalized spacial score (nSPS) is 26.7. The van der Waals surface area contributed by atoms with Gasteiger partial charge < -0.3 is 9.64 Å². The van der Waals surface area contributed by atoms with Crippen LogP contribution in [0.5, 0.6) is 0 Å². The van der Waals surface area contributed by atoms with Gasteiger partial charge >= 0.3 is 6.09 Å². The average Bonchev–Trinajstić information content (AvgIpc) is 2.98. The molecule has 1 atom stereocenters. The van der Waals surface area contributed by atoms with Gasteiger partial charge in [0.15, 0.2) is 0 Å². The molecule has 0 aromatic heterocycles. The van der Waals surface area contributed by atoms with Crippen molar-refractivity contribution in [3.8, 4) is 0 Å². The van der Waals surface area contributed by atoms with Gasteiger partial charge in [0.2, 0.25) is 0 Å². The Bertz CT molecular complexity index is 271. The Morgan fingerprint density at radius 2 is 2.06 bits per heavy atom. The summed E-state index contributed by atoms with van der Waals surface area (Å²) < 4.78 is 5.46. The van der Waals surface area contributed by atoms with Gasteiger partial charge in [0, 0.05) is 24.1 Å². The van der Waals surface area contributed by atoms with E-state index in [4.69, 9.17) is 4.74 Å². The molecule has 2 aliphatic rings. The van der Waals surface area contributed by atoms with Crippen molar-refractivity contribution < 1.29 is 9.53 Å². The molecule has 3 nitrogen and oxygen atoms in total. The minimum absolute atomic E-state index is 0.121. The monoisotopic (exact) mass is 243 g/mol. The fraction of sp³-hybridized carbons (Fsp3) is 0.917. The summed E-state index contributed by atoms with van der Waals surface area (Å²) in [5, 5.41) is 0. The van der Waals surface area contributed by atoms with Crippen molar-refractivity contribution in [2.75, 3.05) is 18.1 Å². The van der Waals surface area contributed by atoms with Crippen LogP contribution in [0.3, 0.4) is 0 Å². The first-order valence-corrected chi connectivity index (χ1v) is 7.20. The van der Waals surface area contributed by atoms with Crippen LogP contribution in [-0.2, 0) is 4.74 Å². The van der Waals surface area contributed by atoms with Crippen LogP contribution >= 0.6 is 11.8 Å². The van der Waals surface area contributed by atoms with Gasteiger partial charge in [0.05, 0.1) is 0 Å². The molecule has 0 aromatic rings. The van der Waals surface area contributed by atoms with Crippen LogP contribution < -0.4 is 0 Å². The molecular weight excluding hydrogens is 222 g/mol. The number of amides is 1. The lowest BCUT2D eigenvalue weighted by atomic mass is 10.2. The summed E-state index contributed by atoms with van der Waals surface area (Å²) in [6, 6.07) is 0.425. The molecule has 92 valence electrons. The van der Waals surface area contributed by atoms with Gasteiger partial charge in [-0.25, -0.2) is 4.79 Å². The summed E-state index contributed by atoms with van der Waals surface area (Å²) in [4.78, 5) is 14.0. The number of thioether (sulfide) groups is 1. The fourth-order valence-electron chi connectivity index (χ4n) is 2.04. The summed E-state index contributed by atoms with van der Waals surface area (Å²) in [6.07, 6.45) is 2.44. The Hall–Kier alpha value is -0.380. The molecule has 1 unspecified atom stereocenters. The van der Waals surface area contributed by atoms with E-state index in [1.807, 2.05) is 37.4 Å². The number of ether oxygens (including phenoxy) is 1. The number of nitrogens with zero attached hydrogens (tertiary/aromatic N) is 1. The van der Waals surface area contributed by atoms with Crippen molar-refractivity contribution in [1.82, 2.24) is 4.90 Å². The third-order valence-corrected chi connectivity index (χ3v) is 4.01. The van der Waals surface area contributed by atoms with Crippen molar-refractivity contribution in [1.29, 1.82) is 0 Å². The number of hydrogen-bond acceptors (Lipinski definition) is 3. The smallest absolute Gasteiger partial charge is 0.410 e. The van der Waals surface area contributed by atoms with E-state index in [1.54, 1.807) is 0 Å². The first-order valence-electron chi connectivity index (χ1n) is 6.05. The van der Waals surface area contributed by atoms with Gasteiger partial charge in [-0.3, -0.25) is 0 Å². The standard InChI is InChI=1S/C12H21NO2S/c1-12(2,3)15-11(14)13-6-7-16-8-10(13)9-4-5-9/h9-10H,4-8H2,1-3H3. The molecule has 1 heterocycles. The molecule has 0 N–H and O–H groups in total. The lowest BCUT2D eigenvalue weighted by Crippen LogP contribution is -2.49. The van der Waals surface area contributed by atoms with Gasteiger partial charge in [0.1, 0.15) is 5.60 Å². The van der Waals surface area contributed by atoms with E-state index in [1.165, 1.54) is 12.8 Å². The Kier molecular flexibility index (Phi) is 3.38. The van der Waals surface area contributed by atoms with Crippen molar-refractivity contribution in [3.63, 3.8) is 0 Å². The van der Waals surface area contributed by atoms with E-state index in [9.17, 15) is 4.79 Å². The summed E-state index contributed by atoms with van der Waals surface area (Å²) in [5.41, 5.74) is -0.379. The minimum Gasteiger partial charge on any atom is -0.444 e. The van der Waals surface area contributed by atoms with E-state index in [-0.39, 0.29) is 11.7 Å². The molecule has 2 rings (SSSR count). The molecular formula is C12H21NO2S. The molecule has 0 bridgehead atoms. The number of rotatable bonds is 1. The highest BCUT2D eigenvalue weighted by Gasteiger charge is 2.40. The second-order valence-electron chi connectivity index (χ2n) is 5.65. The zero-order valence-electron chi connectivity index (χ0n) is 10.4. The molecule has 1 saturated heterocycles. The van der Waals surface area contributed by atoms with E-state index in [2.05, 4.69) is 0 Å². The zero-order chi connectivity index (χ0) is 11.8. The maximum Gasteiger partial charge on any atom is 0.410 e.